The van der Waals surface area contributed by atoms with Gasteiger partial charge in [0.1, 0.15) is 28.7 Å². The molecular weight excluding hydrogens is 615 g/mol. The van der Waals surface area contributed by atoms with Crippen LogP contribution in [0.25, 0.3) is 27.9 Å². The number of ether oxygens (including phenoxy) is 1. The Balaban J connectivity index is 0.00000177. The summed E-state index contributed by atoms with van der Waals surface area (Å²) >= 11 is 1.75. The number of halogens is 5. The largest absolute Gasteiger partial charge is 0.494 e. The van der Waals surface area contributed by atoms with Crippen molar-refractivity contribution in [1.82, 2.24) is 20.2 Å². The molecule has 1 unspecified atom stereocenters. The van der Waals surface area contributed by atoms with E-state index in [1.165, 1.54) is 33.1 Å². The number of pyridine rings is 1. The van der Waals surface area contributed by atoms with E-state index in [2.05, 4.69) is 15.2 Å². The third-order valence-electron chi connectivity index (χ3n) is 6.53. The highest BCUT2D eigenvalue weighted by Gasteiger charge is 2.43. The zero-order chi connectivity index (χ0) is 33.7. The summed E-state index contributed by atoms with van der Waals surface area (Å²) < 4.78 is 77.6. The van der Waals surface area contributed by atoms with Crippen LogP contribution < -0.4 is 16.3 Å². The van der Waals surface area contributed by atoms with Crippen molar-refractivity contribution in [3.63, 3.8) is 0 Å². The lowest BCUT2D eigenvalue weighted by atomic mass is 9.92. The van der Waals surface area contributed by atoms with Gasteiger partial charge in [-0.05, 0) is 81.8 Å². The summed E-state index contributed by atoms with van der Waals surface area (Å²) in [5.74, 6) is 2.38. The van der Waals surface area contributed by atoms with E-state index >= 15 is 4.39 Å². The third kappa shape index (κ3) is 8.80. The molecule has 4 rings (SSSR count). The maximum absolute atomic E-state index is 15.4. The number of aryl methyl sites for hydroxylation is 1. The summed E-state index contributed by atoms with van der Waals surface area (Å²) in [7, 11) is 1.43. The van der Waals surface area contributed by atoms with E-state index in [1.54, 1.807) is 36.9 Å². The molecule has 0 saturated heterocycles. The molecule has 2 aromatic carbocycles. The minimum Gasteiger partial charge on any atom is -0.494 e. The van der Waals surface area contributed by atoms with Gasteiger partial charge < -0.3 is 20.6 Å². The first-order valence-corrected chi connectivity index (χ1v) is 15.1. The SMILES string of the molecule is COc1cc(/C(N)=C/N(N)CC(c2cc(C(C)(C)O)c(F)c(-c3ccc(F)cc3)n2)C(F)(F)F)cc2cc(C)nnc12.CSC. The van der Waals surface area contributed by atoms with Crippen LogP contribution in [0, 0.1) is 18.6 Å². The van der Waals surface area contributed by atoms with Gasteiger partial charge >= 0.3 is 6.18 Å². The molecule has 0 radical (unpaired) electrons. The average Bonchev–Trinajstić information content (AvgIpc) is 2.95. The molecule has 1 atom stereocenters. The monoisotopic (exact) mass is 650 g/mol. The smallest absolute Gasteiger partial charge is 0.399 e. The lowest BCUT2D eigenvalue weighted by Gasteiger charge is -2.27. The van der Waals surface area contributed by atoms with Crippen LogP contribution in [0.4, 0.5) is 22.0 Å². The number of aromatic nitrogens is 3. The molecule has 0 bridgehead atoms. The summed E-state index contributed by atoms with van der Waals surface area (Å²) in [5.41, 5.74) is 4.46. The first kappa shape index (κ1) is 35.5. The zero-order valence-electron chi connectivity index (χ0n) is 25.6. The Morgan fingerprint density at radius 2 is 1.69 bits per heavy atom. The Morgan fingerprint density at radius 1 is 1.07 bits per heavy atom. The molecule has 0 aliphatic heterocycles. The van der Waals surface area contributed by atoms with Crippen molar-refractivity contribution >= 4 is 28.4 Å². The summed E-state index contributed by atoms with van der Waals surface area (Å²) in [6.45, 7) is 3.36. The predicted molar refractivity (Wildman–Crippen MR) is 167 cm³/mol. The Morgan fingerprint density at radius 3 is 2.24 bits per heavy atom. The fraction of sp³-hybridized carbons (Fsp3) is 0.323. The number of hydrogen-bond donors (Lipinski definition) is 3. The zero-order valence-corrected chi connectivity index (χ0v) is 26.4. The quantitative estimate of drug-likeness (QED) is 0.115. The topological polar surface area (TPSA) is 123 Å². The second-order valence-corrected chi connectivity index (χ2v) is 11.5. The normalized spacial score (nSPS) is 12.9. The van der Waals surface area contributed by atoms with Crippen LogP contribution in [-0.2, 0) is 5.60 Å². The molecule has 4 aromatic rings. The molecule has 0 fully saturated rings. The van der Waals surface area contributed by atoms with E-state index in [4.69, 9.17) is 16.3 Å². The van der Waals surface area contributed by atoms with E-state index in [0.717, 1.165) is 29.4 Å². The second kappa shape index (κ2) is 14.4. The van der Waals surface area contributed by atoms with Gasteiger partial charge in [0.2, 0.25) is 0 Å². The second-order valence-electron chi connectivity index (χ2n) is 10.7. The fourth-order valence-electron chi connectivity index (χ4n) is 4.40. The number of nitrogens with zero attached hydrogens (tertiary/aromatic N) is 4. The number of benzene rings is 2. The van der Waals surface area contributed by atoms with Gasteiger partial charge in [0.15, 0.2) is 5.82 Å². The van der Waals surface area contributed by atoms with Crippen molar-refractivity contribution in [1.29, 1.82) is 0 Å². The van der Waals surface area contributed by atoms with Gasteiger partial charge in [0, 0.05) is 28.3 Å². The molecule has 0 saturated carbocycles. The lowest BCUT2D eigenvalue weighted by Crippen LogP contribution is -2.37. The summed E-state index contributed by atoms with van der Waals surface area (Å²) in [5, 5.41) is 20.1. The van der Waals surface area contributed by atoms with Gasteiger partial charge in [-0.2, -0.15) is 30.0 Å². The molecule has 0 aliphatic rings. The summed E-state index contributed by atoms with van der Waals surface area (Å²) in [6, 6.07) is 10.3. The standard InChI is InChI=1S/C29H29F5N6O2.C2H6S/c1-15-9-18-10-17(11-24(42-4)26(18)39-38-15)22(35)14-40(36)13-21(29(32,33)34)23-12-20(28(2,3)41)25(31)27(37-23)16-5-7-19(30)8-6-16;1-3-2/h5-12,14,21,41H,13,35-36H2,1-4H3;1-2H3/b22-14-;. The van der Waals surface area contributed by atoms with Crippen LogP contribution in [0.2, 0.25) is 0 Å². The van der Waals surface area contributed by atoms with Crippen molar-refractivity contribution in [2.75, 3.05) is 26.2 Å². The van der Waals surface area contributed by atoms with Crippen LogP contribution in [0.5, 0.6) is 5.75 Å². The first-order valence-electron chi connectivity index (χ1n) is 13.5. The minimum atomic E-state index is -4.88. The number of methoxy groups -OCH3 is 1. The molecule has 0 amide bonds. The molecule has 45 heavy (non-hydrogen) atoms. The molecule has 14 heteroatoms. The number of aliphatic hydroxyl groups is 1. The van der Waals surface area contributed by atoms with Gasteiger partial charge in [-0.3, -0.25) is 0 Å². The lowest BCUT2D eigenvalue weighted by molar-refractivity contribution is -0.154. The van der Waals surface area contributed by atoms with Crippen LogP contribution in [0.1, 0.15) is 42.3 Å². The van der Waals surface area contributed by atoms with Gasteiger partial charge in [-0.25, -0.2) is 19.6 Å². The predicted octanol–water partition coefficient (Wildman–Crippen LogP) is 6.27. The van der Waals surface area contributed by atoms with E-state index in [9.17, 15) is 22.7 Å². The number of rotatable bonds is 8. The number of thioether (sulfide) groups is 1. The van der Waals surface area contributed by atoms with E-state index in [0.29, 0.717) is 27.9 Å². The first-order chi connectivity index (χ1) is 21.0. The van der Waals surface area contributed by atoms with Gasteiger partial charge in [0.25, 0.3) is 0 Å². The minimum absolute atomic E-state index is 0.0288. The number of hydrogen-bond acceptors (Lipinski definition) is 9. The van der Waals surface area contributed by atoms with Crippen LogP contribution in [-0.4, -0.2) is 57.6 Å². The van der Waals surface area contributed by atoms with Gasteiger partial charge in [0.05, 0.1) is 36.3 Å². The van der Waals surface area contributed by atoms with Crippen molar-refractivity contribution < 1.29 is 31.8 Å². The highest BCUT2D eigenvalue weighted by Crippen LogP contribution is 2.39. The van der Waals surface area contributed by atoms with E-state index < -0.39 is 52.8 Å². The van der Waals surface area contributed by atoms with Crippen molar-refractivity contribution in [2.45, 2.75) is 38.5 Å². The molecular formula is C31H35F5N6O2S. The van der Waals surface area contributed by atoms with Gasteiger partial charge in [-0.1, -0.05) is 0 Å². The number of hydrazine groups is 1. The van der Waals surface area contributed by atoms with E-state index in [-0.39, 0.29) is 11.3 Å². The maximum Gasteiger partial charge on any atom is 0.399 e. The molecule has 0 spiro atoms. The maximum atomic E-state index is 15.4. The highest BCUT2D eigenvalue weighted by molar-refractivity contribution is 7.97. The van der Waals surface area contributed by atoms with E-state index in [1.807, 2.05) is 12.5 Å². The molecule has 0 aliphatic carbocycles. The van der Waals surface area contributed by atoms with Crippen molar-refractivity contribution in [2.24, 2.45) is 11.6 Å². The number of alkyl halides is 3. The number of nitrogens with two attached hydrogens (primary N) is 2. The van der Waals surface area contributed by atoms with Gasteiger partial charge in [-0.15, -0.1) is 5.10 Å². The molecule has 2 heterocycles. The highest BCUT2D eigenvalue weighted by atomic mass is 32.2. The van der Waals surface area contributed by atoms with Crippen molar-refractivity contribution in [3.8, 4) is 17.0 Å². The average molecular weight is 651 g/mol. The number of fused-ring (bicyclic) bond motifs is 1. The van der Waals surface area contributed by atoms with Crippen molar-refractivity contribution in [3.05, 3.63) is 88.9 Å². The Hall–Kier alpha value is -4.01. The summed E-state index contributed by atoms with van der Waals surface area (Å²) in [6.07, 6.45) is 0.326. The Kier molecular flexibility index (Phi) is 11.3. The molecule has 5 N–H and O–H groups in total. The fourth-order valence-corrected chi connectivity index (χ4v) is 4.40. The molecule has 2 aromatic heterocycles. The third-order valence-corrected chi connectivity index (χ3v) is 6.53. The Labute approximate surface area is 262 Å². The van der Waals surface area contributed by atoms with Crippen LogP contribution in [0.15, 0.2) is 54.7 Å². The van der Waals surface area contributed by atoms with Crippen LogP contribution in [0.3, 0.4) is 0 Å². The molecule has 8 nitrogen and oxygen atoms in total. The molecule has 242 valence electrons. The summed E-state index contributed by atoms with van der Waals surface area (Å²) in [4.78, 5) is 3.98. The van der Waals surface area contributed by atoms with Crippen LogP contribution >= 0.6 is 11.8 Å². The Bertz CT molecular complexity index is 1660.